The lowest BCUT2D eigenvalue weighted by molar-refractivity contribution is 0.418. The van der Waals surface area contributed by atoms with Crippen molar-refractivity contribution in [1.29, 1.82) is 0 Å². The highest BCUT2D eigenvalue weighted by Gasteiger charge is 2.30. The molecule has 2 unspecified atom stereocenters. The van der Waals surface area contributed by atoms with Crippen molar-refractivity contribution < 1.29 is 13.2 Å². The zero-order valence-electron chi connectivity index (χ0n) is 18.0. The summed E-state index contributed by atoms with van der Waals surface area (Å²) >= 11 is 0. The largest absolute Gasteiger partial charge is 0.351 e. The predicted molar refractivity (Wildman–Crippen MR) is 117 cm³/mol. The van der Waals surface area contributed by atoms with Gasteiger partial charge in [-0.1, -0.05) is 32.6 Å². The van der Waals surface area contributed by atoms with Crippen molar-refractivity contribution in [3.8, 4) is 0 Å². The van der Waals surface area contributed by atoms with Crippen LogP contribution in [0.15, 0.2) is 18.3 Å². The van der Waals surface area contributed by atoms with Crippen LogP contribution in [0.2, 0.25) is 0 Å². The van der Waals surface area contributed by atoms with Gasteiger partial charge in [0.2, 0.25) is 11.9 Å². The Morgan fingerprint density at radius 2 is 1.69 bits per heavy atom. The molecule has 0 bridgehead atoms. The Balaban J connectivity index is 1.56. The summed E-state index contributed by atoms with van der Waals surface area (Å²) in [6.45, 7) is 2.16. The minimum atomic E-state index is -1.01. The van der Waals surface area contributed by atoms with Gasteiger partial charge < -0.3 is 10.6 Å². The molecule has 0 aliphatic heterocycles. The van der Waals surface area contributed by atoms with Crippen molar-refractivity contribution in [3.63, 3.8) is 0 Å². The van der Waals surface area contributed by atoms with Crippen molar-refractivity contribution in [2.75, 3.05) is 10.6 Å². The topological polar surface area (TPSA) is 67.7 Å². The van der Waals surface area contributed by atoms with Gasteiger partial charge in [-0.2, -0.15) is 4.98 Å². The molecule has 5 rings (SSSR count). The van der Waals surface area contributed by atoms with Gasteiger partial charge in [0, 0.05) is 24.2 Å². The minimum absolute atomic E-state index is 0.0894. The number of imidazole rings is 1. The van der Waals surface area contributed by atoms with Crippen molar-refractivity contribution in [2.24, 2.45) is 5.92 Å². The summed E-state index contributed by atoms with van der Waals surface area (Å²) in [4.78, 5) is 13.7. The number of hydrogen-bond donors (Lipinski definition) is 2. The maximum atomic E-state index is 14.3. The predicted octanol–water partition coefficient (Wildman–Crippen LogP) is 6.09. The summed E-state index contributed by atoms with van der Waals surface area (Å²) < 4.78 is 44.0. The molecule has 2 heterocycles. The number of halogens is 3. The van der Waals surface area contributed by atoms with E-state index in [1.165, 1.54) is 19.3 Å². The molecule has 2 aliphatic rings. The van der Waals surface area contributed by atoms with Crippen LogP contribution in [0.1, 0.15) is 64.3 Å². The van der Waals surface area contributed by atoms with Gasteiger partial charge in [0.1, 0.15) is 17.0 Å². The van der Waals surface area contributed by atoms with Crippen LogP contribution >= 0.6 is 0 Å². The number of anilines is 3. The SMILES string of the molecule is CC1CCCC1n1c(Nc2c(F)cc(F)cc2F)nc2cnc(NC3CCCCC3)nc21. The summed E-state index contributed by atoms with van der Waals surface area (Å²) in [5.74, 6) is -1.79. The van der Waals surface area contributed by atoms with E-state index in [0.717, 1.165) is 32.1 Å². The fourth-order valence-electron chi connectivity index (χ4n) is 5.08. The molecule has 2 aromatic heterocycles. The van der Waals surface area contributed by atoms with Gasteiger partial charge in [0.15, 0.2) is 17.3 Å². The number of benzene rings is 1. The molecule has 0 amide bonds. The lowest BCUT2D eigenvalue weighted by Crippen LogP contribution is -2.23. The van der Waals surface area contributed by atoms with Crippen LogP contribution in [0.25, 0.3) is 11.2 Å². The fraction of sp³-hybridized carbons (Fsp3) is 0.522. The molecule has 1 aromatic carbocycles. The molecular weight excluding hydrogens is 417 g/mol. The van der Waals surface area contributed by atoms with Gasteiger partial charge in [0.05, 0.1) is 6.20 Å². The van der Waals surface area contributed by atoms with E-state index in [4.69, 9.17) is 4.98 Å². The van der Waals surface area contributed by atoms with Crippen molar-refractivity contribution in [2.45, 2.75) is 70.4 Å². The van der Waals surface area contributed by atoms with E-state index >= 15 is 0 Å². The molecular formula is C23H27F3N6. The third kappa shape index (κ3) is 4.00. The van der Waals surface area contributed by atoms with Crippen molar-refractivity contribution in [1.82, 2.24) is 19.5 Å². The fourth-order valence-corrected chi connectivity index (χ4v) is 5.08. The summed E-state index contributed by atoms with van der Waals surface area (Å²) in [5.41, 5.74) is 0.744. The highest BCUT2D eigenvalue weighted by atomic mass is 19.1. The lowest BCUT2D eigenvalue weighted by Gasteiger charge is -2.23. The molecule has 9 heteroatoms. The first-order chi connectivity index (χ1) is 15.5. The molecule has 3 aromatic rings. The Hall–Kier alpha value is -2.84. The Labute approximate surface area is 184 Å². The van der Waals surface area contributed by atoms with Gasteiger partial charge in [-0.3, -0.25) is 4.57 Å². The van der Waals surface area contributed by atoms with E-state index in [1.54, 1.807) is 6.20 Å². The molecule has 0 spiro atoms. The number of nitrogens with zero attached hydrogens (tertiary/aromatic N) is 4. The molecule has 2 atom stereocenters. The van der Waals surface area contributed by atoms with Crippen LogP contribution in [0.5, 0.6) is 0 Å². The summed E-state index contributed by atoms with van der Waals surface area (Å²) in [5, 5.41) is 6.21. The number of hydrogen-bond acceptors (Lipinski definition) is 5. The minimum Gasteiger partial charge on any atom is -0.351 e. The van der Waals surface area contributed by atoms with E-state index in [2.05, 4.69) is 27.5 Å². The monoisotopic (exact) mass is 444 g/mol. The number of rotatable bonds is 5. The smallest absolute Gasteiger partial charge is 0.224 e. The van der Waals surface area contributed by atoms with E-state index in [0.29, 0.717) is 41.2 Å². The molecule has 2 fully saturated rings. The molecule has 6 nitrogen and oxygen atoms in total. The molecule has 0 radical (unpaired) electrons. The molecule has 0 saturated heterocycles. The second-order valence-electron chi connectivity index (χ2n) is 9.03. The van der Waals surface area contributed by atoms with Crippen LogP contribution in [-0.4, -0.2) is 25.6 Å². The quantitative estimate of drug-likeness (QED) is 0.498. The lowest BCUT2D eigenvalue weighted by atomic mass is 9.96. The molecule has 2 aliphatic carbocycles. The van der Waals surface area contributed by atoms with E-state index in [1.807, 2.05) is 4.57 Å². The maximum Gasteiger partial charge on any atom is 0.224 e. The first-order valence-corrected chi connectivity index (χ1v) is 11.4. The Morgan fingerprint density at radius 3 is 2.38 bits per heavy atom. The van der Waals surface area contributed by atoms with Gasteiger partial charge in [-0.15, -0.1) is 0 Å². The van der Waals surface area contributed by atoms with Gasteiger partial charge in [0.25, 0.3) is 0 Å². The first kappa shape index (κ1) is 21.0. The highest BCUT2D eigenvalue weighted by molar-refractivity contribution is 5.76. The summed E-state index contributed by atoms with van der Waals surface area (Å²) in [7, 11) is 0. The third-order valence-electron chi connectivity index (χ3n) is 6.76. The summed E-state index contributed by atoms with van der Waals surface area (Å²) in [6.07, 6.45) is 10.5. The second kappa shape index (κ2) is 8.60. The van der Waals surface area contributed by atoms with E-state index in [9.17, 15) is 13.2 Å². The van der Waals surface area contributed by atoms with E-state index in [-0.39, 0.29) is 12.0 Å². The Bertz CT molecular complexity index is 1100. The van der Waals surface area contributed by atoms with Crippen LogP contribution in [0, 0.1) is 23.4 Å². The highest BCUT2D eigenvalue weighted by Crippen LogP contribution is 2.40. The number of nitrogens with one attached hydrogen (secondary N) is 2. The average Bonchev–Trinajstić information content (AvgIpc) is 3.33. The molecule has 2 saturated carbocycles. The Morgan fingerprint density at radius 1 is 0.938 bits per heavy atom. The Kier molecular flexibility index (Phi) is 5.65. The average molecular weight is 445 g/mol. The normalized spacial score (nSPS) is 21.9. The van der Waals surface area contributed by atoms with Crippen LogP contribution < -0.4 is 10.6 Å². The van der Waals surface area contributed by atoms with Crippen LogP contribution in [0.4, 0.5) is 30.8 Å². The molecule has 2 N–H and O–H groups in total. The first-order valence-electron chi connectivity index (χ1n) is 11.4. The zero-order valence-corrected chi connectivity index (χ0v) is 18.0. The number of aromatic nitrogens is 4. The standard InChI is InChI=1S/C23H27F3N6/c1-13-6-5-9-19(13)32-21-18(12-27-22(31-21)28-15-7-3-2-4-8-15)29-23(32)30-20-16(25)10-14(24)11-17(20)26/h10-13,15,19H,2-9H2,1H3,(H,29,30)(H,27,28,31). The van der Waals surface area contributed by atoms with Crippen molar-refractivity contribution >= 4 is 28.7 Å². The zero-order chi connectivity index (χ0) is 22.2. The third-order valence-corrected chi connectivity index (χ3v) is 6.76. The van der Waals surface area contributed by atoms with E-state index < -0.39 is 23.1 Å². The van der Waals surface area contributed by atoms with Gasteiger partial charge in [-0.05, 0) is 31.6 Å². The molecule has 32 heavy (non-hydrogen) atoms. The molecule has 170 valence electrons. The van der Waals surface area contributed by atoms with Gasteiger partial charge >= 0.3 is 0 Å². The summed E-state index contributed by atoms with van der Waals surface area (Å²) in [6, 6.07) is 1.75. The number of fused-ring (bicyclic) bond motifs is 1. The second-order valence-corrected chi connectivity index (χ2v) is 9.03. The van der Waals surface area contributed by atoms with Crippen LogP contribution in [-0.2, 0) is 0 Å². The van der Waals surface area contributed by atoms with Crippen molar-refractivity contribution in [3.05, 3.63) is 35.8 Å². The van der Waals surface area contributed by atoms with Crippen LogP contribution in [0.3, 0.4) is 0 Å². The van der Waals surface area contributed by atoms with Gasteiger partial charge in [-0.25, -0.2) is 23.1 Å². The maximum absolute atomic E-state index is 14.3.